The first-order valence-corrected chi connectivity index (χ1v) is 6.89. The Morgan fingerprint density at radius 1 is 1.06 bits per heavy atom. The predicted octanol–water partition coefficient (Wildman–Crippen LogP) is 2.12. The maximum Gasteiger partial charge on any atom is 0.329 e. The molecule has 4 heteroatoms. The normalized spacial score (nSPS) is 33.0. The topological polar surface area (TPSA) is 44.4 Å². The van der Waals surface area contributed by atoms with Crippen LogP contribution in [0.3, 0.4) is 0 Å². The van der Waals surface area contributed by atoms with E-state index in [1.807, 2.05) is 14.1 Å². The standard InChI is InChI=1S/C13H25N3O/c1-16(2)15-13(17)14-12-8-7-10-5-3-4-6-11(10)9-12/h10-12H,3-9H2,1-2H3,(H2,14,15,17). The molecular formula is C13H25N3O. The van der Waals surface area contributed by atoms with Gasteiger partial charge >= 0.3 is 6.03 Å². The van der Waals surface area contributed by atoms with Crippen LogP contribution in [0.1, 0.15) is 44.9 Å². The van der Waals surface area contributed by atoms with Gasteiger partial charge < -0.3 is 5.32 Å². The molecule has 17 heavy (non-hydrogen) atoms. The van der Waals surface area contributed by atoms with E-state index in [0.717, 1.165) is 18.3 Å². The summed E-state index contributed by atoms with van der Waals surface area (Å²) in [5, 5.41) is 4.77. The van der Waals surface area contributed by atoms with E-state index >= 15 is 0 Å². The number of hydrogen-bond acceptors (Lipinski definition) is 2. The lowest BCUT2D eigenvalue weighted by Gasteiger charge is -2.39. The molecule has 0 aromatic carbocycles. The molecule has 4 nitrogen and oxygen atoms in total. The maximum atomic E-state index is 11.6. The van der Waals surface area contributed by atoms with Crippen molar-refractivity contribution in [1.82, 2.24) is 15.8 Å². The third-order valence-electron chi connectivity index (χ3n) is 4.20. The van der Waals surface area contributed by atoms with Gasteiger partial charge in [-0.1, -0.05) is 25.7 Å². The molecule has 0 saturated heterocycles. The fourth-order valence-corrected chi connectivity index (χ4v) is 3.43. The summed E-state index contributed by atoms with van der Waals surface area (Å²) in [5.41, 5.74) is 2.75. The van der Waals surface area contributed by atoms with Crippen LogP contribution in [-0.2, 0) is 0 Å². The molecule has 2 fully saturated rings. The third-order valence-corrected chi connectivity index (χ3v) is 4.20. The summed E-state index contributed by atoms with van der Waals surface area (Å²) in [7, 11) is 3.66. The number of nitrogens with zero attached hydrogens (tertiary/aromatic N) is 1. The van der Waals surface area contributed by atoms with E-state index in [1.54, 1.807) is 5.01 Å². The van der Waals surface area contributed by atoms with Crippen LogP contribution < -0.4 is 10.7 Å². The number of hydrogen-bond donors (Lipinski definition) is 2. The molecule has 0 spiro atoms. The second-order valence-electron chi connectivity index (χ2n) is 5.79. The fraction of sp³-hybridized carbons (Fsp3) is 0.923. The number of amides is 2. The van der Waals surface area contributed by atoms with Gasteiger partial charge in [0.25, 0.3) is 0 Å². The molecule has 0 aromatic rings. The molecule has 2 aliphatic rings. The minimum atomic E-state index is -0.0609. The second-order valence-corrected chi connectivity index (χ2v) is 5.79. The Hall–Kier alpha value is -0.770. The van der Waals surface area contributed by atoms with E-state index < -0.39 is 0 Å². The Balaban J connectivity index is 1.77. The zero-order chi connectivity index (χ0) is 12.3. The lowest BCUT2D eigenvalue weighted by Crippen LogP contribution is -2.49. The van der Waals surface area contributed by atoms with Gasteiger partial charge in [-0.2, -0.15) is 0 Å². The van der Waals surface area contributed by atoms with Crippen molar-refractivity contribution in [1.29, 1.82) is 0 Å². The summed E-state index contributed by atoms with van der Waals surface area (Å²) in [6.45, 7) is 0. The van der Waals surface area contributed by atoms with Gasteiger partial charge in [0.15, 0.2) is 0 Å². The van der Waals surface area contributed by atoms with Gasteiger partial charge in [-0.05, 0) is 31.1 Å². The lowest BCUT2D eigenvalue weighted by atomic mass is 9.69. The van der Waals surface area contributed by atoms with Crippen LogP contribution >= 0.6 is 0 Å². The summed E-state index contributed by atoms with van der Waals surface area (Å²) in [5.74, 6) is 1.81. The number of hydrazine groups is 1. The number of rotatable bonds is 2. The second kappa shape index (κ2) is 5.71. The number of urea groups is 1. The van der Waals surface area contributed by atoms with Crippen LogP contribution in [0, 0.1) is 11.8 Å². The zero-order valence-electron chi connectivity index (χ0n) is 11.0. The smallest absolute Gasteiger partial charge is 0.329 e. The SMILES string of the molecule is CN(C)NC(=O)NC1CCC2CCCCC2C1. The Morgan fingerprint density at radius 3 is 2.47 bits per heavy atom. The summed E-state index contributed by atoms with van der Waals surface area (Å²) in [6, 6.07) is 0.323. The molecule has 2 aliphatic carbocycles. The molecule has 3 unspecified atom stereocenters. The average Bonchev–Trinajstić information content (AvgIpc) is 2.27. The minimum absolute atomic E-state index is 0.0609. The summed E-state index contributed by atoms with van der Waals surface area (Å²) >= 11 is 0. The highest BCUT2D eigenvalue weighted by molar-refractivity contribution is 5.73. The molecule has 0 heterocycles. The molecule has 2 saturated carbocycles. The Bertz CT molecular complexity index is 267. The molecule has 0 bridgehead atoms. The number of carbonyl (C=O) groups excluding carboxylic acids is 1. The van der Waals surface area contributed by atoms with Crippen LogP contribution in [0.5, 0.6) is 0 Å². The van der Waals surface area contributed by atoms with Crippen LogP contribution in [0.15, 0.2) is 0 Å². The molecular weight excluding hydrogens is 214 g/mol. The number of nitrogens with one attached hydrogen (secondary N) is 2. The molecule has 3 atom stereocenters. The van der Waals surface area contributed by atoms with Crippen molar-refractivity contribution in [3.8, 4) is 0 Å². The lowest BCUT2D eigenvalue weighted by molar-refractivity contribution is 0.141. The van der Waals surface area contributed by atoms with Crippen molar-refractivity contribution in [3.05, 3.63) is 0 Å². The van der Waals surface area contributed by atoms with Crippen LogP contribution in [0.2, 0.25) is 0 Å². The predicted molar refractivity (Wildman–Crippen MR) is 68.4 cm³/mol. The summed E-state index contributed by atoms with van der Waals surface area (Å²) < 4.78 is 0. The molecule has 2 rings (SSSR count). The van der Waals surface area contributed by atoms with Crippen molar-refractivity contribution < 1.29 is 4.79 Å². The van der Waals surface area contributed by atoms with Gasteiger partial charge in [0.2, 0.25) is 0 Å². The highest BCUT2D eigenvalue weighted by Gasteiger charge is 2.32. The molecule has 98 valence electrons. The average molecular weight is 239 g/mol. The molecule has 0 aromatic heterocycles. The maximum absolute atomic E-state index is 11.6. The minimum Gasteiger partial charge on any atom is -0.334 e. The van der Waals surface area contributed by atoms with Crippen molar-refractivity contribution in [2.45, 2.75) is 51.0 Å². The van der Waals surface area contributed by atoms with E-state index in [0.29, 0.717) is 6.04 Å². The fourth-order valence-electron chi connectivity index (χ4n) is 3.43. The first-order chi connectivity index (χ1) is 8.15. The molecule has 2 N–H and O–H groups in total. The Labute approximate surface area is 104 Å². The van der Waals surface area contributed by atoms with Gasteiger partial charge in [-0.3, -0.25) is 5.43 Å². The first kappa shape index (κ1) is 12.7. The largest absolute Gasteiger partial charge is 0.334 e. The Morgan fingerprint density at radius 2 is 1.76 bits per heavy atom. The van der Waals surface area contributed by atoms with Crippen LogP contribution in [-0.4, -0.2) is 31.2 Å². The monoisotopic (exact) mass is 239 g/mol. The summed E-state index contributed by atoms with van der Waals surface area (Å²) in [4.78, 5) is 11.6. The van der Waals surface area contributed by atoms with Crippen LogP contribution in [0.4, 0.5) is 4.79 Å². The van der Waals surface area contributed by atoms with Gasteiger partial charge in [-0.15, -0.1) is 0 Å². The van der Waals surface area contributed by atoms with Crippen molar-refractivity contribution >= 4 is 6.03 Å². The van der Waals surface area contributed by atoms with E-state index in [9.17, 15) is 4.79 Å². The zero-order valence-corrected chi connectivity index (χ0v) is 11.0. The van der Waals surface area contributed by atoms with E-state index in [4.69, 9.17) is 0 Å². The molecule has 0 radical (unpaired) electrons. The quantitative estimate of drug-likeness (QED) is 0.725. The summed E-state index contributed by atoms with van der Waals surface area (Å²) in [6.07, 6.45) is 9.24. The van der Waals surface area contributed by atoms with Crippen LogP contribution in [0.25, 0.3) is 0 Å². The highest BCUT2D eigenvalue weighted by atomic mass is 16.2. The van der Waals surface area contributed by atoms with Gasteiger partial charge in [0.05, 0.1) is 0 Å². The van der Waals surface area contributed by atoms with Crippen molar-refractivity contribution in [3.63, 3.8) is 0 Å². The Kier molecular flexibility index (Phi) is 4.26. The van der Waals surface area contributed by atoms with E-state index in [-0.39, 0.29) is 6.03 Å². The van der Waals surface area contributed by atoms with Gasteiger partial charge in [0, 0.05) is 20.1 Å². The van der Waals surface area contributed by atoms with Gasteiger partial charge in [-0.25, -0.2) is 9.80 Å². The molecule has 0 aliphatic heterocycles. The number of fused-ring (bicyclic) bond motifs is 1. The molecule has 2 amide bonds. The number of carbonyl (C=O) groups is 1. The van der Waals surface area contributed by atoms with E-state index in [2.05, 4.69) is 10.7 Å². The highest BCUT2D eigenvalue weighted by Crippen LogP contribution is 2.40. The van der Waals surface area contributed by atoms with Gasteiger partial charge in [0.1, 0.15) is 0 Å². The van der Waals surface area contributed by atoms with Crippen molar-refractivity contribution in [2.75, 3.05) is 14.1 Å². The van der Waals surface area contributed by atoms with E-state index in [1.165, 1.54) is 38.5 Å². The third kappa shape index (κ3) is 3.60. The first-order valence-electron chi connectivity index (χ1n) is 6.89. The van der Waals surface area contributed by atoms with Crippen molar-refractivity contribution in [2.24, 2.45) is 11.8 Å².